The van der Waals surface area contributed by atoms with Gasteiger partial charge in [0.1, 0.15) is 11.5 Å². The summed E-state index contributed by atoms with van der Waals surface area (Å²) >= 11 is 0. The van der Waals surface area contributed by atoms with Gasteiger partial charge in [-0.25, -0.2) is 0 Å². The van der Waals surface area contributed by atoms with Crippen molar-refractivity contribution in [1.82, 2.24) is 10.2 Å². The number of hydrogen-bond acceptors (Lipinski definition) is 5. The summed E-state index contributed by atoms with van der Waals surface area (Å²) in [5, 5.41) is 3.08. The van der Waals surface area contributed by atoms with Gasteiger partial charge in [-0.05, 0) is 57.1 Å². The molecule has 1 atom stereocenters. The standard InChI is InChI=1S/C24H30N2O4/c1-17(27)18-10-11-22(29-2)19(14-18)15-24(28)25-16-21(26-12-6-7-13-26)20-8-4-5-9-23(20)30-3/h4-5,8-11,14,21H,6-7,12-13,15-16H2,1-3H3,(H,25,28). The zero-order valence-electron chi connectivity index (χ0n) is 17.9. The van der Waals surface area contributed by atoms with Crippen LogP contribution in [0.1, 0.15) is 47.3 Å². The number of ether oxygens (including phenoxy) is 2. The summed E-state index contributed by atoms with van der Waals surface area (Å²) in [7, 11) is 3.24. The molecule has 30 heavy (non-hydrogen) atoms. The Morgan fingerprint density at radius 3 is 2.40 bits per heavy atom. The van der Waals surface area contributed by atoms with Crippen LogP contribution < -0.4 is 14.8 Å². The van der Waals surface area contributed by atoms with Crippen LogP contribution in [0.3, 0.4) is 0 Å². The minimum absolute atomic E-state index is 0.0374. The SMILES string of the molecule is COc1ccc(C(C)=O)cc1CC(=O)NCC(c1ccccc1OC)N1CCCC1. The summed E-state index contributed by atoms with van der Waals surface area (Å²) in [4.78, 5) is 26.9. The minimum atomic E-state index is -0.104. The van der Waals surface area contributed by atoms with E-state index in [2.05, 4.69) is 16.3 Å². The number of benzene rings is 2. The molecular weight excluding hydrogens is 380 g/mol. The van der Waals surface area contributed by atoms with Crippen LogP contribution in [0.15, 0.2) is 42.5 Å². The van der Waals surface area contributed by atoms with Crippen LogP contribution in [-0.2, 0) is 11.2 Å². The van der Waals surface area contributed by atoms with Crippen LogP contribution in [0.2, 0.25) is 0 Å². The number of ketones is 1. The first-order valence-electron chi connectivity index (χ1n) is 10.3. The normalized spacial score (nSPS) is 14.9. The molecular formula is C24H30N2O4. The first kappa shape index (κ1) is 21.8. The van der Waals surface area contributed by atoms with Crippen LogP contribution in [0, 0.1) is 0 Å². The Hall–Kier alpha value is -2.86. The molecule has 3 rings (SSSR count). The number of para-hydroxylation sites is 1. The van der Waals surface area contributed by atoms with Crippen LogP contribution in [0.25, 0.3) is 0 Å². The highest BCUT2D eigenvalue weighted by atomic mass is 16.5. The van der Waals surface area contributed by atoms with E-state index in [1.807, 2.05) is 18.2 Å². The molecule has 2 aromatic rings. The Kier molecular flexibility index (Phi) is 7.46. The molecule has 0 radical (unpaired) electrons. The number of nitrogens with one attached hydrogen (secondary N) is 1. The molecule has 0 bridgehead atoms. The van der Waals surface area contributed by atoms with Gasteiger partial charge in [0, 0.05) is 23.2 Å². The number of carbonyl (C=O) groups excluding carboxylic acids is 2. The highest BCUT2D eigenvalue weighted by Crippen LogP contribution is 2.31. The maximum atomic E-state index is 12.8. The monoisotopic (exact) mass is 410 g/mol. The molecule has 1 aliphatic rings. The van der Waals surface area contributed by atoms with E-state index in [4.69, 9.17) is 9.47 Å². The predicted molar refractivity (Wildman–Crippen MR) is 116 cm³/mol. The van der Waals surface area contributed by atoms with E-state index in [1.165, 1.54) is 6.92 Å². The Balaban J connectivity index is 1.73. The van der Waals surface area contributed by atoms with Gasteiger partial charge in [-0.2, -0.15) is 0 Å². The molecule has 2 aromatic carbocycles. The van der Waals surface area contributed by atoms with Gasteiger partial charge < -0.3 is 14.8 Å². The van der Waals surface area contributed by atoms with E-state index in [0.717, 1.165) is 37.2 Å². The van der Waals surface area contributed by atoms with Gasteiger partial charge in [-0.15, -0.1) is 0 Å². The Bertz CT molecular complexity index is 891. The first-order valence-corrected chi connectivity index (χ1v) is 10.3. The number of Topliss-reactive ketones (excluding diaryl/α,β-unsaturated/α-hetero) is 1. The molecule has 1 unspecified atom stereocenters. The number of nitrogens with zero attached hydrogens (tertiary/aromatic N) is 1. The number of methoxy groups -OCH3 is 2. The third-order valence-electron chi connectivity index (χ3n) is 5.61. The van der Waals surface area contributed by atoms with Crippen molar-refractivity contribution in [3.05, 3.63) is 59.2 Å². The molecule has 1 heterocycles. The maximum Gasteiger partial charge on any atom is 0.224 e. The second-order valence-corrected chi connectivity index (χ2v) is 7.56. The lowest BCUT2D eigenvalue weighted by molar-refractivity contribution is -0.120. The van der Waals surface area contributed by atoms with Gasteiger partial charge in [0.25, 0.3) is 0 Å². The molecule has 0 aromatic heterocycles. The largest absolute Gasteiger partial charge is 0.496 e. The quantitative estimate of drug-likeness (QED) is 0.642. The number of amides is 1. The summed E-state index contributed by atoms with van der Waals surface area (Å²) in [6.45, 7) is 4.02. The Morgan fingerprint density at radius 2 is 1.73 bits per heavy atom. The fourth-order valence-corrected chi connectivity index (χ4v) is 4.01. The second-order valence-electron chi connectivity index (χ2n) is 7.56. The van der Waals surface area contributed by atoms with E-state index >= 15 is 0 Å². The molecule has 0 saturated carbocycles. The van der Waals surface area contributed by atoms with Crippen molar-refractivity contribution in [2.24, 2.45) is 0 Å². The Morgan fingerprint density at radius 1 is 1.03 bits per heavy atom. The van der Waals surface area contributed by atoms with Crippen molar-refractivity contribution in [2.75, 3.05) is 33.9 Å². The van der Waals surface area contributed by atoms with Gasteiger partial charge in [0.15, 0.2) is 5.78 Å². The van der Waals surface area contributed by atoms with Crippen molar-refractivity contribution < 1.29 is 19.1 Å². The van der Waals surface area contributed by atoms with Crippen molar-refractivity contribution in [3.63, 3.8) is 0 Å². The number of rotatable bonds is 9. The van der Waals surface area contributed by atoms with E-state index in [0.29, 0.717) is 23.4 Å². The fourth-order valence-electron chi connectivity index (χ4n) is 4.01. The number of likely N-dealkylation sites (tertiary alicyclic amines) is 1. The average molecular weight is 411 g/mol. The third kappa shape index (κ3) is 5.19. The fraction of sp³-hybridized carbons (Fsp3) is 0.417. The summed E-state index contributed by atoms with van der Waals surface area (Å²) in [5.41, 5.74) is 2.36. The maximum absolute atomic E-state index is 12.8. The van der Waals surface area contributed by atoms with Crippen molar-refractivity contribution >= 4 is 11.7 Å². The lowest BCUT2D eigenvalue weighted by Crippen LogP contribution is -2.37. The van der Waals surface area contributed by atoms with E-state index in [9.17, 15) is 9.59 Å². The summed E-state index contributed by atoms with van der Waals surface area (Å²) in [6, 6.07) is 13.2. The van der Waals surface area contributed by atoms with Crippen LogP contribution in [0.4, 0.5) is 0 Å². The molecule has 0 aliphatic carbocycles. The zero-order chi connectivity index (χ0) is 21.5. The lowest BCUT2D eigenvalue weighted by Gasteiger charge is -2.29. The van der Waals surface area contributed by atoms with Gasteiger partial charge in [0.2, 0.25) is 5.91 Å². The van der Waals surface area contributed by atoms with Crippen molar-refractivity contribution in [1.29, 1.82) is 0 Å². The van der Waals surface area contributed by atoms with Crippen molar-refractivity contribution in [2.45, 2.75) is 32.2 Å². The summed E-state index contributed by atoms with van der Waals surface area (Å²) in [6.07, 6.45) is 2.48. The molecule has 1 aliphatic heterocycles. The first-order chi connectivity index (χ1) is 14.5. The van der Waals surface area contributed by atoms with Gasteiger partial charge in [-0.3, -0.25) is 14.5 Å². The molecule has 1 N–H and O–H groups in total. The van der Waals surface area contributed by atoms with Crippen LogP contribution >= 0.6 is 0 Å². The van der Waals surface area contributed by atoms with E-state index < -0.39 is 0 Å². The average Bonchev–Trinajstić information content (AvgIpc) is 3.28. The number of carbonyl (C=O) groups is 2. The van der Waals surface area contributed by atoms with Crippen LogP contribution in [-0.4, -0.2) is 50.4 Å². The second kappa shape index (κ2) is 10.3. The van der Waals surface area contributed by atoms with Gasteiger partial charge >= 0.3 is 0 Å². The number of hydrogen-bond donors (Lipinski definition) is 1. The van der Waals surface area contributed by atoms with Gasteiger partial charge in [-0.1, -0.05) is 18.2 Å². The third-order valence-corrected chi connectivity index (χ3v) is 5.61. The molecule has 6 nitrogen and oxygen atoms in total. The molecule has 0 spiro atoms. The highest BCUT2D eigenvalue weighted by molar-refractivity contribution is 5.94. The topological polar surface area (TPSA) is 67.9 Å². The summed E-state index contributed by atoms with van der Waals surface area (Å²) < 4.78 is 10.9. The lowest BCUT2D eigenvalue weighted by atomic mass is 10.0. The minimum Gasteiger partial charge on any atom is -0.496 e. The van der Waals surface area contributed by atoms with Crippen molar-refractivity contribution in [3.8, 4) is 11.5 Å². The zero-order valence-corrected chi connectivity index (χ0v) is 17.9. The van der Waals surface area contributed by atoms with Crippen LogP contribution in [0.5, 0.6) is 11.5 Å². The smallest absolute Gasteiger partial charge is 0.224 e. The highest BCUT2D eigenvalue weighted by Gasteiger charge is 2.26. The molecule has 1 fully saturated rings. The molecule has 1 saturated heterocycles. The predicted octanol–water partition coefficient (Wildman–Crippen LogP) is 3.40. The summed E-state index contributed by atoms with van der Waals surface area (Å²) in [5.74, 6) is 1.30. The van der Waals surface area contributed by atoms with E-state index in [-0.39, 0.29) is 24.2 Å². The molecule has 160 valence electrons. The molecule has 6 heteroatoms. The Labute approximate surface area is 178 Å². The van der Waals surface area contributed by atoms with E-state index in [1.54, 1.807) is 32.4 Å². The van der Waals surface area contributed by atoms with Gasteiger partial charge in [0.05, 0.1) is 26.7 Å². The molecule has 1 amide bonds.